The number of hydrogen-bond acceptors (Lipinski definition) is 0. The van der Waals surface area contributed by atoms with Crippen molar-refractivity contribution in [3.05, 3.63) is 35.6 Å². The van der Waals surface area contributed by atoms with Crippen LogP contribution in [0, 0.1) is 23.1 Å². The molecule has 0 amide bonds. The van der Waals surface area contributed by atoms with Crippen LogP contribution in [0.2, 0.25) is 0 Å². The first-order valence-electron chi connectivity index (χ1n) is 4.70. The minimum Gasteiger partial charge on any atom is -0.209 e. The molecule has 0 heterocycles. The molecule has 3 heteroatoms. The average Bonchev–Trinajstić information content (AvgIpc) is 2.98. The summed E-state index contributed by atoms with van der Waals surface area (Å²) in [5.74, 6) is 4.52. The molecule has 1 saturated carbocycles. The third-order valence-electron chi connectivity index (χ3n) is 2.53. The van der Waals surface area contributed by atoms with Crippen LogP contribution in [0.15, 0.2) is 24.3 Å². The monoisotopic (exact) mass is 210 g/mol. The van der Waals surface area contributed by atoms with Gasteiger partial charge in [-0.2, -0.15) is 0 Å². The Morgan fingerprint density at radius 3 is 2.40 bits per heavy atom. The number of rotatable bonds is 1. The van der Waals surface area contributed by atoms with Crippen LogP contribution in [0.4, 0.5) is 13.2 Å². The zero-order chi connectivity index (χ0) is 10.9. The number of alkyl halides is 2. The van der Waals surface area contributed by atoms with Crippen molar-refractivity contribution in [3.63, 3.8) is 0 Å². The molecule has 78 valence electrons. The van der Waals surface area contributed by atoms with E-state index in [2.05, 4.69) is 11.8 Å². The molecular weight excluding hydrogens is 201 g/mol. The van der Waals surface area contributed by atoms with Crippen LogP contribution in [0.1, 0.15) is 18.4 Å². The molecule has 1 fully saturated rings. The SMILES string of the molecule is Fc1ccccc1C#CC1(C(F)F)CC1. The predicted octanol–water partition coefficient (Wildman–Crippen LogP) is 3.22. The molecule has 0 atom stereocenters. The normalized spacial score (nSPS) is 17.1. The number of halogens is 3. The van der Waals surface area contributed by atoms with Gasteiger partial charge in [-0.1, -0.05) is 24.0 Å². The molecule has 0 N–H and O–H groups in total. The smallest absolute Gasteiger partial charge is 0.209 e. The first-order valence-corrected chi connectivity index (χ1v) is 4.70. The Labute approximate surface area is 86.1 Å². The zero-order valence-corrected chi connectivity index (χ0v) is 7.93. The van der Waals surface area contributed by atoms with E-state index in [4.69, 9.17) is 0 Å². The average molecular weight is 210 g/mol. The van der Waals surface area contributed by atoms with Gasteiger partial charge >= 0.3 is 0 Å². The Kier molecular flexibility index (Phi) is 2.44. The molecule has 0 aromatic heterocycles. The second kappa shape index (κ2) is 3.62. The van der Waals surface area contributed by atoms with Crippen molar-refractivity contribution in [2.24, 2.45) is 5.41 Å². The molecule has 2 rings (SSSR count). The maximum atomic E-state index is 13.1. The summed E-state index contributed by atoms with van der Waals surface area (Å²) in [6.45, 7) is 0. The Morgan fingerprint density at radius 1 is 1.20 bits per heavy atom. The van der Waals surface area contributed by atoms with Crippen molar-refractivity contribution >= 4 is 0 Å². The van der Waals surface area contributed by atoms with E-state index in [-0.39, 0.29) is 5.56 Å². The lowest BCUT2D eigenvalue weighted by molar-refractivity contribution is 0.0921. The van der Waals surface area contributed by atoms with Crippen LogP contribution >= 0.6 is 0 Å². The highest BCUT2D eigenvalue weighted by molar-refractivity contribution is 5.38. The van der Waals surface area contributed by atoms with Crippen LogP contribution < -0.4 is 0 Å². The summed E-state index contributed by atoms with van der Waals surface area (Å²) in [6, 6.07) is 5.94. The van der Waals surface area contributed by atoms with Gasteiger partial charge < -0.3 is 0 Å². The first kappa shape index (κ1) is 10.1. The fourth-order valence-corrected chi connectivity index (χ4v) is 1.29. The van der Waals surface area contributed by atoms with Gasteiger partial charge in [0, 0.05) is 0 Å². The Morgan fingerprint density at radius 2 is 1.87 bits per heavy atom. The van der Waals surface area contributed by atoms with Crippen LogP contribution in [-0.2, 0) is 0 Å². The second-order valence-corrected chi connectivity index (χ2v) is 3.69. The van der Waals surface area contributed by atoms with Crippen molar-refractivity contribution in [1.29, 1.82) is 0 Å². The molecule has 0 radical (unpaired) electrons. The summed E-state index contributed by atoms with van der Waals surface area (Å²) in [6.07, 6.45) is -1.62. The molecule has 1 aromatic carbocycles. The van der Waals surface area contributed by atoms with Crippen LogP contribution in [0.25, 0.3) is 0 Å². The third-order valence-corrected chi connectivity index (χ3v) is 2.53. The summed E-state index contributed by atoms with van der Waals surface area (Å²) in [5.41, 5.74) is -0.980. The quantitative estimate of drug-likeness (QED) is 0.624. The van der Waals surface area contributed by atoms with Crippen molar-refractivity contribution in [3.8, 4) is 11.8 Å². The lowest BCUT2D eigenvalue weighted by Crippen LogP contribution is -2.08. The second-order valence-electron chi connectivity index (χ2n) is 3.69. The largest absolute Gasteiger partial charge is 0.254 e. The van der Waals surface area contributed by atoms with Crippen LogP contribution in [-0.4, -0.2) is 6.43 Å². The van der Waals surface area contributed by atoms with Gasteiger partial charge in [-0.3, -0.25) is 0 Å². The van der Waals surface area contributed by atoms with Crippen molar-refractivity contribution < 1.29 is 13.2 Å². The van der Waals surface area contributed by atoms with Crippen molar-refractivity contribution in [2.75, 3.05) is 0 Å². The van der Waals surface area contributed by atoms with Gasteiger partial charge in [0.05, 0.1) is 11.0 Å². The highest BCUT2D eigenvalue weighted by Crippen LogP contribution is 2.50. The number of benzene rings is 1. The molecule has 0 aliphatic heterocycles. The number of hydrogen-bond donors (Lipinski definition) is 0. The molecule has 1 aromatic rings. The zero-order valence-electron chi connectivity index (χ0n) is 7.93. The van der Waals surface area contributed by atoms with Gasteiger partial charge in [0.2, 0.25) is 0 Å². The fourth-order valence-electron chi connectivity index (χ4n) is 1.29. The fraction of sp³-hybridized carbons (Fsp3) is 0.333. The van der Waals surface area contributed by atoms with E-state index < -0.39 is 17.7 Å². The van der Waals surface area contributed by atoms with E-state index in [0.717, 1.165) is 0 Å². The standard InChI is InChI=1S/C12H9F3/c13-10-4-2-1-3-9(10)5-6-12(7-8-12)11(14)15/h1-4,11H,7-8H2. The Hall–Kier alpha value is -1.43. The summed E-state index contributed by atoms with van der Waals surface area (Å²) >= 11 is 0. The molecule has 0 saturated heterocycles. The molecule has 0 nitrogen and oxygen atoms in total. The third kappa shape index (κ3) is 1.99. The maximum absolute atomic E-state index is 13.1. The minimum atomic E-state index is -2.43. The highest BCUT2D eigenvalue weighted by Gasteiger charge is 2.49. The highest BCUT2D eigenvalue weighted by atomic mass is 19.3. The van der Waals surface area contributed by atoms with E-state index in [1.165, 1.54) is 12.1 Å². The first-order chi connectivity index (χ1) is 7.14. The molecule has 0 unspecified atom stereocenters. The lowest BCUT2D eigenvalue weighted by atomic mass is 10.1. The van der Waals surface area contributed by atoms with Gasteiger partial charge in [-0.25, -0.2) is 13.2 Å². The molecule has 15 heavy (non-hydrogen) atoms. The summed E-state index contributed by atoms with van der Waals surface area (Å²) in [7, 11) is 0. The summed E-state index contributed by atoms with van der Waals surface area (Å²) < 4.78 is 38.1. The maximum Gasteiger partial charge on any atom is 0.254 e. The minimum absolute atomic E-state index is 0.185. The van der Waals surface area contributed by atoms with E-state index in [0.29, 0.717) is 12.8 Å². The molecular formula is C12H9F3. The topological polar surface area (TPSA) is 0 Å². The lowest BCUT2D eigenvalue weighted by Gasteiger charge is -2.03. The van der Waals surface area contributed by atoms with E-state index in [1.807, 2.05) is 0 Å². The van der Waals surface area contributed by atoms with Crippen LogP contribution in [0.5, 0.6) is 0 Å². The van der Waals surface area contributed by atoms with Gasteiger partial charge in [-0.15, -0.1) is 0 Å². The summed E-state index contributed by atoms with van der Waals surface area (Å²) in [5, 5.41) is 0. The van der Waals surface area contributed by atoms with Gasteiger partial charge in [0.15, 0.2) is 0 Å². The summed E-state index contributed by atoms with van der Waals surface area (Å²) in [4.78, 5) is 0. The molecule has 0 bridgehead atoms. The van der Waals surface area contributed by atoms with E-state index in [1.54, 1.807) is 12.1 Å². The van der Waals surface area contributed by atoms with E-state index in [9.17, 15) is 13.2 Å². The molecule has 1 aliphatic carbocycles. The van der Waals surface area contributed by atoms with Crippen molar-refractivity contribution in [2.45, 2.75) is 19.3 Å². The van der Waals surface area contributed by atoms with Gasteiger partial charge in [0.1, 0.15) is 5.82 Å². The molecule has 0 spiro atoms. The van der Waals surface area contributed by atoms with Gasteiger partial charge in [-0.05, 0) is 25.0 Å². The Balaban J connectivity index is 2.23. The van der Waals surface area contributed by atoms with Gasteiger partial charge in [0.25, 0.3) is 6.43 Å². The van der Waals surface area contributed by atoms with Crippen molar-refractivity contribution in [1.82, 2.24) is 0 Å². The molecule has 1 aliphatic rings. The van der Waals surface area contributed by atoms with E-state index >= 15 is 0 Å². The van der Waals surface area contributed by atoms with Crippen LogP contribution in [0.3, 0.4) is 0 Å². The predicted molar refractivity (Wildman–Crippen MR) is 50.9 cm³/mol. The Bertz CT molecular complexity index is 422.